The summed E-state index contributed by atoms with van der Waals surface area (Å²) in [5.74, 6) is -0.255. The number of benzene rings is 1. The van der Waals surface area contributed by atoms with Crippen LogP contribution in [0.25, 0.3) is 10.2 Å². The Labute approximate surface area is 91.9 Å². The molecule has 1 aromatic carbocycles. The van der Waals surface area contributed by atoms with Crippen LogP contribution in [0.1, 0.15) is 25.3 Å². The van der Waals surface area contributed by atoms with Gasteiger partial charge in [0.05, 0.1) is 15.8 Å². The molecule has 4 heteroatoms. The average Bonchev–Trinajstić information content (AvgIpc) is 2.61. The van der Waals surface area contributed by atoms with Gasteiger partial charge in [-0.3, -0.25) is 0 Å². The zero-order valence-corrected chi connectivity index (χ0v) is 9.57. The number of nitrogens with zero attached hydrogens (tertiary/aromatic N) is 1. The van der Waals surface area contributed by atoms with Gasteiger partial charge in [0, 0.05) is 6.07 Å². The highest BCUT2D eigenvalue weighted by Gasteiger charge is 2.23. The van der Waals surface area contributed by atoms with Crippen LogP contribution in [-0.2, 0) is 5.54 Å². The van der Waals surface area contributed by atoms with Crippen molar-refractivity contribution in [3.05, 3.63) is 29.0 Å². The van der Waals surface area contributed by atoms with E-state index in [9.17, 15) is 4.39 Å². The number of halogens is 1. The third kappa shape index (κ3) is 1.87. The van der Waals surface area contributed by atoms with Crippen molar-refractivity contribution in [2.75, 3.05) is 0 Å². The van der Waals surface area contributed by atoms with E-state index >= 15 is 0 Å². The van der Waals surface area contributed by atoms with Crippen molar-refractivity contribution in [3.63, 3.8) is 0 Å². The molecule has 0 aliphatic rings. The lowest BCUT2D eigenvalue weighted by molar-refractivity contribution is 0.474. The van der Waals surface area contributed by atoms with E-state index in [4.69, 9.17) is 5.73 Å². The molecular formula is C11H13FN2S. The van der Waals surface area contributed by atoms with Crippen molar-refractivity contribution in [2.24, 2.45) is 5.73 Å². The maximum atomic E-state index is 13.0. The second kappa shape index (κ2) is 3.54. The molecule has 2 aromatic rings. The quantitative estimate of drug-likeness (QED) is 0.851. The first-order valence-corrected chi connectivity index (χ1v) is 5.70. The molecule has 0 fully saturated rings. The average molecular weight is 224 g/mol. The zero-order chi connectivity index (χ0) is 11.1. The van der Waals surface area contributed by atoms with Crippen LogP contribution in [0.15, 0.2) is 18.2 Å². The molecule has 0 saturated heterocycles. The Morgan fingerprint density at radius 2 is 2.27 bits per heavy atom. The number of rotatable bonds is 2. The summed E-state index contributed by atoms with van der Waals surface area (Å²) in [4.78, 5) is 4.37. The topological polar surface area (TPSA) is 38.9 Å². The first-order chi connectivity index (χ1) is 7.03. The van der Waals surface area contributed by atoms with Crippen LogP contribution in [0.3, 0.4) is 0 Å². The zero-order valence-electron chi connectivity index (χ0n) is 8.75. The largest absolute Gasteiger partial charge is 0.320 e. The van der Waals surface area contributed by atoms with Crippen LogP contribution >= 0.6 is 11.3 Å². The van der Waals surface area contributed by atoms with Gasteiger partial charge >= 0.3 is 0 Å². The highest BCUT2D eigenvalue weighted by molar-refractivity contribution is 7.18. The second-order valence-corrected chi connectivity index (χ2v) is 4.93. The molecule has 15 heavy (non-hydrogen) atoms. The Hall–Kier alpha value is -1.00. The van der Waals surface area contributed by atoms with E-state index in [0.29, 0.717) is 5.52 Å². The van der Waals surface area contributed by atoms with Crippen molar-refractivity contribution in [1.29, 1.82) is 0 Å². The minimum Gasteiger partial charge on any atom is -0.320 e. The van der Waals surface area contributed by atoms with E-state index in [1.165, 1.54) is 23.5 Å². The molecule has 0 radical (unpaired) electrons. The predicted octanol–water partition coefficient (Wildman–Crippen LogP) is 3.02. The molecule has 1 aromatic heterocycles. The Kier molecular flexibility index (Phi) is 2.48. The fourth-order valence-electron chi connectivity index (χ4n) is 1.30. The number of nitrogens with two attached hydrogens (primary N) is 1. The fourth-order valence-corrected chi connectivity index (χ4v) is 2.37. The molecule has 1 unspecified atom stereocenters. The monoisotopic (exact) mass is 224 g/mol. The molecule has 0 spiro atoms. The van der Waals surface area contributed by atoms with Gasteiger partial charge < -0.3 is 5.73 Å². The molecule has 0 aliphatic carbocycles. The highest BCUT2D eigenvalue weighted by atomic mass is 32.1. The number of thiazole rings is 1. The summed E-state index contributed by atoms with van der Waals surface area (Å²) in [7, 11) is 0. The maximum Gasteiger partial charge on any atom is 0.125 e. The van der Waals surface area contributed by atoms with Gasteiger partial charge in [0.25, 0.3) is 0 Å². The Morgan fingerprint density at radius 3 is 2.93 bits per heavy atom. The first-order valence-electron chi connectivity index (χ1n) is 4.88. The van der Waals surface area contributed by atoms with Crippen molar-refractivity contribution < 1.29 is 4.39 Å². The lowest BCUT2D eigenvalue weighted by Gasteiger charge is -2.18. The van der Waals surface area contributed by atoms with Gasteiger partial charge in [-0.2, -0.15) is 0 Å². The van der Waals surface area contributed by atoms with Crippen molar-refractivity contribution in [3.8, 4) is 0 Å². The summed E-state index contributed by atoms with van der Waals surface area (Å²) < 4.78 is 13.9. The third-order valence-electron chi connectivity index (χ3n) is 2.57. The van der Waals surface area contributed by atoms with Gasteiger partial charge in [0.15, 0.2) is 0 Å². The number of aromatic nitrogens is 1. The summed E-state index contributed by atoms with van der Waals surface area (Å²) in [5, 5.41) is 0.866. The van der Waals surface area contributed by atoms with Crippen LogP contribution in [-0.4, -0.2) is 4.98 Å². The molecule has 1 heterocycles. The Balaban J connectivity index is 2.56. The molecule has 1 atom stereocenters. The lowest BCUT2D eigenvalue weighted by atomic mass is 10.0. The molecule has 80 valence electrons. The molecule has 2 nitrogen and oxygen atoms in total. The number of fused-ring (bicyclic) bond motifs is 1. The van der Waals surface area contributed by atoms with Gasteiger partial charge in [-0.1, -0.05) is 6.92 Å². The van der Waals surface area contributed by atoms with Crippen molar-refractivity contribution >= 4 is 21.6 Å². The molecule has 0 bridgehead atoms. The van der Waals surface area contributed by atoms with Crippen LogP contribution < -0.4 is 5.73 Å². The van der Waals surface area contributed by atoms with Crippen LogP contribution in [0.2, 0.25) is 0 Å². The van der Waals surface area contributed by atoms with Crippen molar-refractivity contribution in [2.45, 2.75) is 25.8 Å². The Bertz CT molecular complexity index is 490. The van der Waals surface area contributed by atoms with E-state index in [2.05, 4.69) is 4.98 Å². The molecule has 0 aliphatic heterocycles. The fraction of sp³-hybridized carbons (Fsp3) is 0.364. The molecule has 0 amide bonds. The van der Waals surface area contributed by atoms with Crippen LogP contribution in [0.4, 0.5) is 4.39 Å². The minimum atomic E-state index is -0.417. The summed E-state index contributed by atoms with van der Waals surface area (Å²) in [6.45, 7) is 3.97. The number of hydrogen-bond acceptors (Lipinski definition) is 3. The molecule has 2 rings (SSSR count). The van der Waals surface area contributed by atoms with E-state index < -0.39 is 5.54 Å². The van der Waals surface area contributed by atoms with E-state index in [1.807, 2.05) is 13.8 Å². The molecule has 2 N–H and O–H groups in total. The first kappa shape index (κ1) is 10.5. The van der Waals surface area contributed by atoms with Crippen LogP contribution in [0.5, 0.6) is 0 Å². The summed E-state index contributed by atoms with van der Waals surface area (Å²) >= 11 is 1.53. The van der Waals surface area contributed by atoms with E-state index in [0.717, 1.165) is 16.1 Å². The van der Waals surface area contributed by atoms with Crippen molar-refractivity contribution in [1.82, 2.24) is 4.98 Å². The molecular weight excluding hydrogens is 211 g/mol. The summed E-state index contributed by atoms with van der Waals surface area (Å²) in [6.07, 6.45) is 0.815. The third-order valence-corrected chi connectivity index (χ3v) is 3.89. The highest BCUT2D eigenvalue weighted by Crippen LogP contribution is 2.30. The predicted molar refractivity (Wildman–Crippen MR) is 61.4 cm³/mol. The standard InChI is InChI=1S/C11H13FN2S/c1-3-11(2,13)10-14-8-6-7(12)4-5-9(8)15-10/h4-6H,3,13H2,1-2H3. The molecule has 0 saturated carbocycles. The maximum absolute atomic E-state index is 13.0. The lowest BCUT2D eigenvalue weighted by Crippen LogP contribution is -2.31. The second-order valence-electron chi connectivity index (χ2n) is 3.90. The van der Waals surface area contributed by atoms with Gasteiger partial charge in [0.1, 0.15) is 10.8 Å². The van der Waals surface area contributed by atoms with Gasteiger partial charge in [0.2, 0.25) is 0 Å². The van der Waals surface area contributed by atoms with E-state index in [1.54, 1.807) is 6.07 Å². The Morgan fingerprint density at radius 1 is 1.53 bits per heavy atom. The van der Waals surface area contributed by atoms with Gasteiger partial charge in [-0.25, -0.2) is 9.37 Å². The van der Waals surface area contributed by atoms with Crippen LogP contribution in [0, 0.1) is 5.82 Å². The van der Waals surface area contributed by atoms with E-state index in [-0.39, 0.29) is 5.82 Å². The normalized spacial score (nSPS) is 15.5. The minimum absolute atomic E-state index is 0.255. The van der Waals surface area contributed by atoms with Gasteiger partial charge in [-0.05, 0) is 25.5 Å². The SMILES string of the molecule is CCC(C)(N)c1nc2cc(F)ccc2s1. The smallest absolute Gasteiger partial charge is 0.125 e. The number of hydrogen-bond donors (Lipinski definition) is 1. The summed E-state index contributed by atoms with van der Waals surface area (Å²) in [6, 6.07) is 4.64. The van der Waals surface area contributed by atoms with Gasteiger partial charge in [-0.15, -0.1) is 11.3 Å². The summed E-state index contributed by atoms with van der Waals surface area (Å²) in [5.41, 5.74) is 6.37.